The van der Waals surface area contributed by atoms with Crippen molar-refractivity contribution in [1.82, 2.24) is 0 Å². The third kappa shape index (κ3) is 2.64. The normalized spacial score (nSPS) is 15.5. The van der Waals surface area contributed by atoms with Crippen molar-refractivity contribution in [2.45, 2.75) is 31.8 Å². The van der Waals surface area contributed by atoms with Crippen LogP contribution >= 0.6 is 0 Å². The average Bonchev–Trinajstić information content (AvgIpc) is 3.29. The number of carboxylic acids is 1. The van der Waals surface area contributed by atoms with Gasteiger partial charge in [-0.3, -0.25) is 4.79 Å². The van der Waals surface area contributed by atoms with E-state index in [2.05, 4.69) is 0 Å². The Bertz CT molecular complexity index is 657. The molecule has 1 aliphatic rings. The largest absolute Gasteiger partial charge is 0.489 e. The topological polar surface area (TPSA) is 46.5 Å². The molecule has 1 aliphatic carbocycles. The van der Waals surface area contributed by atoms with E-state index in [1.54, 1.807) is 0 Å². The van der Waals surface area contributed by atoms with Crippen LogP contribution in [0.2, 0.25) is 0 Å². The van der Waals surface area contributed by atoms with E-state index in [-0.39, 0.29) is 0 Å². The van der Waals surface area contributed by atoms with Crippen molar-refractivity contribution in [3.05, 3.63) is 65.2 Å². The van der Waals surface area contributed by atoms with Crippen LogP contribution in [0.5, 0.6) is 5.75 Å². The average molecular weight is 282 g/mol. The zero-order chi connectivity index (χ0) is 14.9. The van der Waals surface area contributed by atoms with Gasteiger partial charge < -0.3 is 9.84 Å². The van der Waals surface area contributed by atoms with Gasteiger partial charge in [-0.05, 0) is 31.4 Å². The van der Waals surface area contributed by atoms with E-state index in [9.17, 15) is 9.90 Å². The van der Waals surface area contributed by atoms with Crippen molar-refractivity contribution >= 4 is 5.97 Å². The maximum atomic E-state index is 11.6. The van der Waals surface area contributed by atoms with Gasteiger partial charge in [0.2, 0.25) is 0 Å². The number of carbonyl (C=O) groups is 1. The van der Waals surface area contributed by atoms with Gasteiger partial charge >= 0.3 is 5.97 Å². The van der Waals surface area contributed by atoms with Crippen LogP contribution in [0.4, 0.5) is 0 Å². The molecule has 0 radical (unpaired) electrons. The molecule has 0 spiro atoms. The molecular weight excluding hydrogens is 264 g/mol. The summed E-state index contributed by atoms with van der Waals surface area (Å²) in [6.45, 7) is 2.43. The van der Waals surface area contributed by atoms with Crippen LogP contribution < -0.4 is 4.74 Å². The first-order valence-electron chi connectivity index (χ1n) is 7.13. The lowest BCUT2D eigenvalue weighted by Crippen LogP contribution is -2.20. The van der Waals surface area contributed by atoms with Crippen LogP contribution in [0.1, 0.15) is 29.5 Å². The van der Waals surface area contributed by atoms with Gasteiger partial charge in [-0.25, -0.2) is 0 Å². The first kappa shape index (κ1) is 13.7. The fourth-order valence-corrected chi connectivity index (χ4v) is 2.60. The molecule has 0 bridgehead atoms. The minimum Gasteiger partial charge on any atom is -0.489 e. The van der Waals surface area contributed by atoms with Gasteiger partial charge in [0.05, 0.1) is 5.41 Å². The van der Waals surface area contributed by atoms with Crippen LogP contribution in [-0.4, -0.2) is 11.1 Å². The summed E-state index contributed by atoms with van der Waals surface area (Å²) in [5.41, 5.74) is 2.21. The molecule has 1 saturated carbocycles. The highest BCUT2D eigenvalue weighted by molar-refractivity contribution is 5.86. The van der Waals surface area contributed by atoms with E-state index < -0.39 is 11.4 Å². The fraction of sp³-hybridized carbons (Fsp3) is 0.278. The number of hydrogen-bond donors (Lipinski definition) is 1. The second-order valence-electron chi connectivity index (χ2n) is 5.66. The summed E-state index contributed by atoms with van der Waals surface area (Å²) in [5, 5.41) is 9.50. The molecule has 0 atom stereocenters. The number of rotatable bonds is 5. The first-order valence-corrected chi connectivity index (χ1v) is 7.13. The lowest BCUT2D eigenvalue weighted by molar-refractivity contribution is -0.140. The molecule has 0 amide bonds. The number of benzene rings is 2. The Balaban J connectivity index is 1.87. The van der Waals surface area contributed by atoms with Crippen molar-refractivity contribution < 1.29 is 14.6 Å². The monoisotopic (exact) mass is 282 g/mol. The van der Waals surface area contributed by atoms with Crippen molar-refractivity contribution in [3.8, 4) is 5.75 Å². The van der Waals surface area contributed by atoms with Crippen molar-refractivity contribution in [2.75, 3.05) is 0 Å². The molecule has 0 heterocycles. The minimum atomic E-state index is -0.752. The summed E-state index contributed by atoms with van der Waals surface area (Å²) in [5.74, 6) is -0.0676. The molecule has 3 rings (SSSR count). The predicted molar refractivity (Wildman–Crippen MR) is 80.5 cm³/mol. The lowest BCUT2D eigenvalue weighted by Gasteiger charge is -2.17. The Morgan fingerprint density at radius 1 is 1.19 bits per heavy atom. The van der Waals surface area contributed by atoms with Gasteiger partial charge in [-0.1, -0.05) is 48.0 Å². The fourth-order valence-electron chi connectivity index (χ4n) is 2.60. The number of hydrogen-bond acceptors (Lipinski definition) is 2. The molecule has 108 valence electrons. The SMILES string of the molecule is Cc1ccc(OCc2ccccc2)c(C2(C(=O)O)CC2)c1. The van der Waals surface area contributed by atoms with E-state index in [4.69, 9.17) is 4.74 Å². The summed E-state index contributed by atoms with van der Waals surface area (Å²) in [7, 11) is 0. The molecular formula is C18H18O3. The molecule has 21 heavy (non-hydrogen) atoms. The summed E-state index contributed by atoms with van der Waals surface area (Å²) in [4.78, 5) is 11.6. The Kier molecular flexibility index (Phi) is 3.42. The van der Waals surface area contributed by atoms with Gasteiger partial charge in [-0.2, -0.15) is 0 Å². The number of ether oxygens (including phenoxy) is 1. The molecule has 2 aromatic carbocycles. The predicted octanol–water partition coefficient (Wildman–Crippen LogP) is 3.69. The minimum absolute atomic E-state index is 0.451. The zero-order valence-electron chi connectivity index (χ0n) is 12.0. The number of carboxylic acid groups (broad SMARTS) is 1. The van der Waals surface area contributed by atoms with Crippen LogP contribution in [0, 0.1) is 6.92 Å². The van der Waals surface area contributed by atoms with Crippen molar-refractivity contribution in [2.24, 2.45) is 0 Å². The van der Waals surface area contributed by atoms with Crippen LogP contribution in [0.3, 0.4) is 0 Å². The van der Waals surface area contributed by atoms with Gasteiger partial charge in [0.1, 0.15) is 12.4 Å². The van der Waals surface area contributed by atoms with E-state index in [0.29, 0.717) is 25.2 Å². The van der Waals surface area contributed by atoms with Crippen molar-refractivity contribution in [1.29, 1.82) is 0 Å². The molecule has 0 aliphatic heterocycles. The lowest BCUT2D eigenvalue weighted by atomic mass is 9.93. The van der Waals surface area contributed by atoms with E-state index in [0.717, 1.165) is 16.7 Å². The molecule has 0 unspecified atom stereocenters. The number of aryl methyl sites for hydroxylation is 1. The quantitative estimate of drug-likeness (QED) is 0.909. The summed E-state index contributed by atoms with van der Waals surface area (Å²) >= 11 is 0. The third-order valence-corrected chi connectivity index (χ3v) is 4.05. The third-order valence-electron chi connectivity index (χ3n) is 4.05. The van der Waals surface area contributed by atoms with E-state index >= 15 is 0 Å². The van der Waals surface area contributed by atoms with Gasteiger partial charge in [0.15, 0.2) is 0 Å². The Morgan fingerprint density at radius 2 is 1.90 bits per heavy atom. The molecule has 0 saturated heterocycles. The zero-order valence-corrected chi connectivity index (χ0v) is 12.0. The molecule has 0 aromatic heterocycles. The van der Waals surface area contributed by atoms with Crippen LogP contribution in [0.25, 0.3) is 0 Å². The molecule has 1 fully saturated rings. The summed E-state index contributed by atoms with van der Waals surface area (Å²) in [6.07, 6.45) is 1.38. The van der Waals surface area contributed by atoms with Crippen LogP contribution in [-0.2, 0) is 16.8 Å². The Morgan fingerprint density at radius 3 is 2.52 bits per heavy atom. The van der Waals surface area contributed by atoms with E-state index in [1.165, 1.54) is 0 Å². The Labute approximate surface area is 124 Å². The first-order chi connectivity index (χ1) is 10.1. The van der Waals surface area contributed by atoms with Gasteiger partial charge in [0.25, 0.3) is 0 Å². The highest BCUT2D eigenvalue weighted by atomic mass is 16.5. The second kappa shape index (κ2) is 5.24. The van der Waals surface area contributed by atoms with Gasteiger partial charge in [-0.15, -0.1) is 0 Å². The van der Waals surface area contributed by atoms with E-state index in [1.807, 2.05) is 55.5 Å². The highest BCUT2D eigenvalue weighted by Gasteiger charge is 2.53. The Hall–Kier alpha value is -2.29. The highest BCUT2D eigenvalue weighted by Crippen LogP contribution is 2.51. The molecule has 1 N–H and O–H groups in total. The molecule has 2 aromatic rings. The molecule has 3 heteroatoms. The second-order valence-corrected chi connectivity index (χ2v) is 5.66. The van der Waals surface area contributed by atoms with Crippen LogP contribution in [0.15, 0.2) is 48.5 Å². The molecule has 3 nitrogen and oxygen atoms in total. The number of aliphatic carboxylic acids is 1. The maximum Gasteiger partial charge on any atom is 0.314 e. The smallest absolute Gasteiger partial charge is 0.314 e. The van der Waals surface area contributed by atoms with Crippen molar-refractivity contribution in [3.63, 3.8) is 0 Å². The maximum absolute atomic E-state index is 11.6. The standard InChI is InChI=1S/C18H18O3/c1-13-7-8-16(21-12-14-5-3-2-4-6-14)15(11-13)18(9-10-18)17(19)20/h2-8,11H,9-10,12H2,1H3,(H,19,20). The summed E-state index contributed by atoms with van der Waals surface area (Å²) in [6, 6.07) is 15.7. The van der Waals surface area contributed by atoms with Gasteiger partial charge in [0, 0.05) is 5.56 Å². The summed E-state index contributed by atoms with van der Waals surface area (Å²) < 4.78 is 5.89.